The smallest absolute Gasteiger partial charge is 0.293 e. The minimum Gasteiger partial charge on any atom is -0.379 e. The molecule has 0 saturated carbocycles. The molecule has 0 atom stereocenters. The molecule has 1 amide bonds. The van der Waals surface area contributed by atoms with Gasteiger partial charge >= 0.3 is 0 Å². The van der Waals surface area contributed by atoms with E-state index in [0.29, 0.717) is 11.7 Å². The molecule has 21 heavy (non-hydrogen) atoms. The lowest BCUT2D eigenvalue weighted by Crippen LogP contribution is -2.15. The Morgan fingerprint density at radius 3 is 2.86 bits per heavy atom. The van der Waals surface area contributed by atoms with Crippen molar-refractivity contribution in [3.05, 3.63) is 43.9 Å². The van der Waals surface area contributed by atoms with Gasteiger partial charge in [0.15, 0.2) is 5.13 Å². The number of halogens is 1. The molecule has 0 spiro atoms. The third-order valence-electron chi connectivity index (χ3n) is 2.54. The van der Waals surface area contributed by atoms with Crippen LogP contribution >= 0.6 is 27.3 Å². The molecular formula is C12H11BrN4O3S. The Bertz CT molecular complexity index is 689. The van der Waals surface area contributed by atoms with Crippen molar-refractivity contribution >= 4 is 49.7 Å². The van der Waals surface area contributed by atoms with Gasteiger partial charge in [-0.2, -0.15) is 0 Å². The van der Waals surface area contributed by atoms with Gasteiger partial charge in [0.1, 0.15) is 5.69 Å². The fourth-order valence-corrected chi connectivity index (χ4v) is 2.82. The van der Waals surface area contributed by atoms with Gasteiger partial charge in [-0.05, 0) is 28.9 Å². The van der Waals surface area contributed by atoms with E-state index in [4.69, 9.17) is 0 Å². The number of carbonyl (C=O) groups is 1. The maximum Gasteiger partial charge on any atom is 0.293 e. The van der Waals surface area contributed by atoms with Gasteiger partial charge in [-0.3, -0.25) is 20.2 Å². The molecule has 0 bridgehead atoms. The van der Waals surface area contributed by atoms with Crippen LogP contribution in [0.4, 0.5) is 16.5 Å². The van der Waals surface area contributed by atoms with Gasteiger partial charge in [0.25, 0.3) is 11.6 Å². The number of hydrogen-bond acceptors (Lipinski definition) is 6. The van der Waals surface area contributed by atoms with Crippen molar-refractivity contribution in [3.8, 4) is 0 Å². The van der Waals surface area contributed by atoms with Crippen LogP contribution in [0.5, 0.6) is 0 Å². The molecule has 1 heterocycles. The predicted molar refractivity (Wildman–Crippen MR) is 85.0 cm³/mol. The van der Waals surface area contributed by atoms with Gasteiger partial charge in [0.2, 0.25) is 0 Å². The van der Waals surface area contributed by atoms with E-state index in [1.54, 1.807) is 13.1 Å². The Balaban J connectivity index is 2.35. The number of hydrogen-bond donors (Lipinski definition) is 2. The van der Waals surface area contributed by atoms with E-state index in [1.165, 1.54) is 29.5 Å². The van der Waals surface area contributed by atoms with E-state index in [1.807, 2.05) is 0 Å². The van der Waals surface area contributed by atoms with E-state index >= 15 is 0 Å². The molecule has 9 heteroatoms. The molecule has 0 fully saturated rings. The van der Waals surface area contributed by atoms with E-state index in [9.17, 15) is 14.9 Å². The molecule has 2 rings (SSSR count). The van der Waals surface area contributed by atoms with E-state index in [2.05, 4.69) is 31.5 Å². The number of benzene rings is 1. The summed E-state index contributed by atoms with van der Waals surface area (Å²) in [6.07, 6.45) is 1.57. The third-order valence-corrected chi connectivity index (χ3v) is 3.93. The molecule has 7 nitrogen and oxygen atoms in total. The molecule has 0 aliphatic carbocycles. The van der Waals surface area contributed by atoms with Gasteiger partial charge in [-0.1, -0.05) is 17.4 Å². The Hall–Kier alpha value is -2.00. The van der Waals surface area contributed by atoms with Crippen molar-refractivity contribution in [1.82, 2.24) is 4.98 Å². The summed E-state index contributed by atoms with van der Waals surface area (Å²) in [7, 11) is 0. The van der Waals surface area contributed by atoms with E-state index < -0.39 is 10.8 Å². The summed E-state index contributed by atoms with van der Waals surface area (Å²) in [5.41, 5.74) is 0.278. The number of nitrogens with one attached hydrogen (secondary N) is 2. The molecule has 2 N–H and O–H groups in total. The van der Waals surface area contributed by atoms with Crippen LogP contribution in [-0.4, -0.2) is 22.4 Å². The number of thiazole rings is 1. The second-order valence-electron chi connectivity index (χ2n) is 3.91. The highest BCUT2D eigenvalue weighted by Crippen LogP contribution is 2.30. The Labute approximate surface area is 132 Å². The normalized spacial score (nSPS) is 10.2. The lowest BCUT2D eigenvalue weighted by Gasteiger charge is -2.10. The molecule has 0 unspecified atom stereocenters. The van der Waals surface area contributed by atoms with Gasteiger partial charge in [0, 0.05) is 12.6 Å². The predicted octanol–water partition coefficient (Wildman–Crippen LogP) is 3.50. The van der Waals surface area contributed by atoms with Crippen molar-refractivity contribution in [3.63, 3.8) is 0 Å². The van der Waals surface area contributed by atoms with Crippen LogP contribution in [0.25, 0.3) is 0 Å². The lowest BCUT2D eigenvalue weighted by atomic mass is 10.1. The fraction of sp³-hybridized carbons (Fsp3) is 0.167. The zero-order valence-corrected chi connectivity index (χ0v) is 13.3. The van der Waals surface area contributed by atoms with Gasteiger partial charge in [-0.15, -0.1) is 0 Å². The largest absolute Gasteiger partial charge is 0.379 e. The second kappa shape index (κ2) is 6.64. The molecule has 1 aromatic carbocycles. The Morgan fingerprint density at radius 1 is 1.52 bits per heavy atom. The molecule has 0 aliphatic heterocycles. The van der Waals surface area contributed by atoms with Crippen LogP contribution in [0.15, 0.2) is 28.2 Å². The SMILES string of the molecule is CCNc1c(C(=O)Nc2ncc(Br)s2)cccc1[N+](=O)[O-]. The van der Waals surface area contributed by atoms with Crippen molar-refractivity contribution < 1.29 is 9.72 Å². The van der Waals surface area contributed by atoms with Crippen LogP contribution in [0, 0.1) is 10.1 Å². The number of amides is 1. The molecule has 0 radical (unpaired) electrons. The van der Waals surface area contributed by atoms with Gasteiger partial charge < -0.3 is 5.32 Å². The van der Waals surface area contributed by atoms with Gasteiger partial charge in [0.05, 0.1) is 20.5 Å². The summed E-state index contributed by atoms with van der Waals surface area (Å²) in [5, 5.41) is 17.0. The number of para-hydroxylation sites is 1. The minimum absolute atomic E-state index is 0.134. The summed E-state index contributed by atoms with van der Waals surface area (Å²) in [5.74, 6) is -0.448. The molecule has 110 valence electrons. The maximum atomic E-state index is 12.3. The molecule has 0 aliphatic rings. The monoisotopic (exact) mass is 370 g/mol. The van der Waals surface area contributed by atoms with Crippen LogP contribution in [0.3, 0.4) is 0 Å². The highest BCUT2D eigenvalue weighted by atomic mass is 79.9. The first-order valence-corrected chi connectivity index (χ1v) is 7.57. The molecule has 2 aromatic rings. The first kappa shape index (κ1) is 15.4. The molecule has 1 aromatic heterocycles. The highest BCUT2D eigenvalue weighted by Gasteiger charge is 2.21. The van der Waals surface area contributed by atoms with E-state index in [-0.39, 0.29) is 16.9 Å². The van der Waals surface area contributed by atoms with E-state index in [0.717, 1.165) is 3.79 Å². The highest BCUT2D eigenvalue weighted by molar-refractivity contribution is 9.11. The number of nitrogens with zero attached hydrogens (tertiary/aromatic N) is 2. The zero-order chi connectivity index (χ0) is 15.4. The third kappa shape index (κ3) is 3.56. The first-order valence-electron chi connectivity index (χ1n) is 5.97. The van der Waals surface area contributed by atoms with Crippen LogP contribution in [0.2, 0.25) is 0 Å². The Morgan fingerprint density at radius 2 is 2.29 bits per heavy atom. The van der Waals surface area contributed by atoms with Crippen LogP contribution < -0.4 is 10.6 Å². The average molecular weight is 371 g/mol. The van der Waals surface area contributed by atoms with Crippen molar-refractivity contribution in [2.24, 2.45) is 0 Å². The number of carbonyl (C=O) groups excluding carboxylic acids is 1. The number of aromatic nitrogens is 1. The topological polar surface area (TPSA) is 97.2 Å². The lowest BCUT2D eigenvalue weighted by molar-refractivity contribution is -0.384. The number of anilines is 2. The number of nitro benzene ring substituents is 1. The second-order valence-corrected chi connectivity index (χ2v) is 6.32. The average Bonchev–Trinajstić information content (AvgIpc) is 2.84. The van der Waals surface area contributed by atoms with Crippen LogP contribution in [-0.2, 0) is 0 Å². The maximum absolute atomic E-state index is 12.3. The van der Waals surface area contributed by atoms with Crippen molar-refractivity contribution in [2.75, 3.05) is 17.2 Å². The standard InChI is InChI=1S/C12H11BrN4O3S/c1-2-14-10-7(4-3-5-8(10)17(19)20)11(18)16-12-15-6-9(13)21-12/h3-6,14H,2H2,1H3,(H,15,16,18). The summed E-state index contributed by atoms with van der Waals surface area (Å²) in [4.78, 5) is 26.8. The summed E-state index contributed by atoms with van der Waals surface area (Å²) >= 11 is 4.51. The first-order chi connectivity index (χ1) is 10.0. The van der Waals surface area contributed by atoms with Crippen molar-refractivity contribution in [1.29, 1.82) is 0 Å². The van der Waals surface area contributed by atoms with Gasteiger partial charge in [-0.25, -0.2) is 4.98 Å². The number of rotatable bonds is 5. The quantitative estimate of drug-likeness (QED) is 0.619. The summed E-state index contributed by atoms with van der Waals surface area (Å²) < 4.78 is 0.781. The Kier molecular flexibility index (Phi) is 4.86. The minimum atomic E-state index is -0.519. The zero-order valence-electron chi connectivity index (χ0n) is 10.9. The van der Waals surface area contributed by atoms with Crippen molar-refractivity contribution in [2.45, 2.75) is 6.92 Å². The molecule has 0 saturated heterocycles. The fourth-order valence-electron chi connectivity index (χ4n) is 1.72. The summed E-state index contributed by atoms with van der Waals surface area (Å²) in [6.45, 7) is 2.27. The molecular weight excluding hydrogens is 360 g/mol. The van der Waals surface area contributed by atoms with Crippen LogP contribution in [0.1, 0.15) is 17.3 Å². The summed E-state index contributed by atoms with van der Waals surface area (Å²) in [6, 6.07) is 4.36. The number of nitro groups is 1.